The second-order valence-corrected chi connectivity index (χ2v) is 8.27. The summed E-state index contributed by atoms with van der Waals surface area (Å²) in [6.07, 6.45) is 1.49. The van der Waals surface area contributed by atoms with Gasteiger partial charge in [-0.25, -0.2) is 0 Å². The van der Waals surface area contributed by atoms with Crippen LogP contribution in [-0.2, 0) is 10.4 Å². The van der Waals surface area contributed by atoms with Gasteiger partial charge in [-0.2, -0.15) is 0 Å². The number of ketones is 1. The number of aliphatic hydroxyl groups is 1. The second-order valence-electron chi connectivity index (χ2n) is 6.44. The summed E-state index contributed by atoms with van der Waals surface area (Å²) in [5.41, 5.74) is -0.203. The molecule has 0 aliphatic carbocycles. The molecule has 1 aliphatic heterocycles. The molecule has 0 fully saturated rings. The Hall–Kier alpha value is -1.50. The molecule has 1 amide bonds. The van der Waals surface area contributed by atoms with E-state index in [1.165, 1.54) is 0 Å². The topological polar surface area (TPSA) is 57.6 Å². The molecule has 6 heteroatoms. The van der Waals surface area contributed by atoms with Crippen molar-refractivity contribution in [2.75, 3.05) is 11.4 Å². The minimum atomic E-state index is -1.84. The van der Waals surface area contributed by atoms with Gasteiger partial charge in [-0.1, -0.05) is 57.3 Å². The molecule has 0 saturated heterocycles. The molecule has 0 aromatic heterocycles. The molecule has 26 heavy (non-hydrogen) atoms. The Kier molecular flexibility index (Phi) is 5.65. The molecule has 2 aromatic rings. The van der Waals surface area contributed by atoms with Crippen LogP contribution in [0.25, 0.3) is 0 Å². The van der Waals surface area contributed by atoms with E-state index in [0.29, 0.717) is 23.4 Å². The molecular formula is C20H19Br2NO3. The minimum Gasteiger partial charge on any atom is -0.375 e. The number of rotatable bonds is 6. The normalized spacial score (nSPS) is 18.9. The highest BCUT2D eigenvalue weighted by atomic mass is 79.9. The summed E-state index contributed by atoms with van der Waals surface area (Å²) < 4.78 is 1.63. The molecule has 1 heterocycles. The van der Waals surface area contributed by atoms with Crippen molar-refractivity contribution in [2.45, 2.75) is 31.8 Å². The summed E-state index contributed by atoms with van der Waals surface area (Å²) in [5, 5.41) is 11.3. The Morgan fingerprint density at radius 3 is 2.42 bits per heavy atom. The third kappa shape index (κ3) is 3.50. The van der Waals surface area contributed by atoms with E-state index in [1.807, 2.05) is 19.1 Å². The first kappa shape index (κ1) is 19.3. The molecule has 0 spiro atoms. The molecule has 0 bridgehead atoms. The van der Waals surface area contributed by atoms with E-state index in [1.54, 1.807) is 35.2 Å². The quantitative estimate of drug-likeness (QED) is 0.603. The number of halogens is 2. The number of fused-ring (bicyclic) bond motifs is 1. The molecule has 4 nitrogen and oxygen atoms in total. The number of Topliss-reactive ketones (excluding diaryl/α,β-unsaturated/α-hetero) is 1. The summed E-state index contributed by atoms with van der Waals surface area (Å²) in [4.78, 5) is 27.3. The molecular weight excluding hydrogens is 462 g/mol. The van der Waals surface area contributed by atoms with Crippen molar-refractivity contribution in [3.8, 4) is 0 Å². The van der Waals surface area contributed by atoms with E-state index in [0.717, 1.165) is 21.8 Å². The van der Waals surface area contributed by atoms with E-state index < -0.39 is 11.5 Å². The lowest BCUT2D eigenvalue weighted by Gasteiger charge is -2.22. The molecule has 0 radical (unpaired) electrons. The van der Waals surface area contributed by atoms with Crippen molar-refractivity contribution in [2.24, 2.45) is 0 Å². The molecule has 0 saturated carbocycles. The average molecular weight is 481 g/mol. The molecule has 136 valence electrons. The predicted octanol–water partition coefficient (Wildman–Crippen LogP) is 4.82. The Morgan fingerprint density at radius 2 is 1.77 bits per heavy atom. The first-order valence-electron chi connectivity index (χ1n) is 8.50. The van der Waals surface area contributed by atoms with Gasteiger partial charge < -0.3 is 10.0 Å². The van der Waals surface area contributed by atoms with Crippen molar-refractivity contribution in [1.82, 2.24) is 0 Å². The highest BCUT2D eigenvalue weighted by Gasteiger charge is 2.50. The van der Waals surface area contributed by atoms with Gasteiger partial charge >= 0.3 is 0 Å². The summed E-state index contributed by atoms with van der Waals surface area (Å²) in [7, 11) is 0. The van der Waals surface area contributed by atoms with Crippen LogP contribution in [0.15, 0.2) is 51.4 Å². The fourth-order valence-corrected chi connectivity index (χ4v) is 3.83. The van der Waals surface area contributed by atoms with Crippen LogP contribution in [0.1, 0.15) is 42.1 Å². The van der Waals surface area contributed by atoms with Crippen LogP contribution in [0.4, 0.5) is 5.69 Å². The zero-order chi connectivity index (χ0) is 18.9. The van der Waals surface area contributed by atoms with Crippen LogP contribution in [0.3, 0.4) is 0 Å². The monoisotopic (exact) mass is 479 g/mol. The van der Waals surface area contributed by atoms with Crippen LogP contribution < -0.4 is 4.90 Å². The predicted molar refractivity (Wildman–Crippen MR) is 108 cm³/mol. The van der Waals surface area contributed by atoms with E-state index in [9.17, 15) is 14.7 Å². The molecule has 2 aromatic carbocycles. The SMILES string of the molecule is CCCCN1C(=O)[C@@](O)(CC(=O)c2ccc(Br)cc2)c2cc(Br)ccc21. The molecule has 1 N–H and O–H groups in total. The number of hydrogen-bond donors (Lipinski definition) is 1. The maximum atomic E-state index is 13.0. The van der Waals surface area contributed by atoms with Gasteiger partial charge in [0.25, 0.3) is 5.91 Å². The maximum Gasteiger partial charge on any atom is 0.264 e. The van der Waals surface area contributed by atoms with E-state index in [4.69, 9.17) is 0 Å². The number of amides is 1. The molecule has 0 unspecified atom stereocenters. The summed E-state index contributed by atoms with van der Waals surface area (Å²) in [6, 6.07) is 12.3. The fourth-order valence-electron chi connectivity index (χ4n) is 3.20. The van der Waals surface area contributed by atoms with Crippen molar-refractivity contribution >= 4 is 49.2 Å². The number of unbranched alkanes of at least 4 members (excludes halogenated alkanes) is 1. The third-order valence-corrected chi connectivity index (χ3v) is 5.63. The third-order valence-electron chi connectivity index (χ3n) is 4.61. The number of carbonyl (C=O) groups excluding carboxylic acids is 2. The number of carbonyl (C=O) groups is 2. The van der Waals surface area contributed by atoms with Gasteiger partial charge in [-0.15, -0.1) is 0 Å². The van der Waals surface area contributed by atoms with E-state index >= 15 is 0 Å². The van der Waals surface area contributed by atoms with Crippen molar-refractivity contribution in [3.63, 3.8) is 0 Å². The smallest absolute Gasteiger partial charge is 0.264 e. The summed E-state index contributed by atoms with van der Waals surface area (Å²) in [6.45, 7) is 2.57. The number of nitrogens with zero attached hydrogens (tertiary/aromatic N) is 1. The number of benzene rings is 2. The van der Waals surface area contributed by atoms with Crippen LogP contribution in [0.5, 0.6) is 0 Å². The van der Waals surface area contributed by atoms with Gasteiger partial charge in [0, 0.05) is 26.6 Å². The maximum absolute atomic E-state index is 13.0. The second kappa shape index (κ2) is 7.62. The first-order valence-corrected chi connectivity index (χ1v) is 10.1. The van der Waals surface area contributed by atoms with Crippen molar-refractivity contribution in [3.05, 3.63) is 62.5 Å². The van der Waals surface area contributed by atoms with Crippen LogP contribution in [0, 0.1) is 0 Å². The molecule has 1 aliphatic rings. The van der Waals surface area contributed by atoms with Gasteiger partial charge in [0.2, 0.25) is 0 Å². The minimum absolute atomic E-state index is 0.267. The van der Waals surface area contributed by atoms with Gasteiger partial charge in [0.15, 0.2) is 11.4 Å². The van der Waals surface area contributed by atoms with Gasteiger partial charge in [0.05, 0.1) is 12.1 Å². The molecule has 1 atom stereocenters. The lowest BCUT2D eigenvalue weighted by Crippen LogP contribution is -2.42. The van der Waals surface area contributed by atoms with Gasteiger partial charge in [-0.3, -0.25) is 9.59 Å². The standard InChI is InChI=1S/C20H19Br2NO3/c1-2-3-10-23-17-9-8-15(22)11-16(17)20(26,19(23)25)12-18(24)13-4-6-14(21)7-5-13/h4-9,11,26H,2-3,10,12H2,1H3/t20-/m1/s1. The van der Waals surface area contributed by atoms with E-state index in [2.05, 4.69) is 31.9 Å². The first-order chi connectivity index (χ1) is 12.4. The van der Waals surface area contributed by atoms with Crippen LogP contribution in [0.2, 0.25) is 0 Å². The highest BCUT2D eigenvalue weighted by molar-refractivity contribution is 9.10. The lowest BCUT2D eigenvalue weighted by molar-refractivity contribution is -0.135. The lowest BCUT2D eigenvalue weighted by atomic mass is 9.88. The van der Waals surface area contributed by atoms with Crippen molar-refractivity contribution in [1.29, 1.82) is 0 Å². The number of anilines is 1. The van der Waals surface area contributed by atoms with E-state index in [-0.39, 0.29) is 12.2 Å². The van der Waals surface area contributed by atoms with Crippen LogP contribution >= 0.6 is 31.9 Å². The average Bonchev–Trinajstić information content (AvgIpc) is 2.81. The number of hydrogen-bond acceptors (Lipinski definition) is 3. The Morgan fingerprint density at radius 1 is 1.12 bits per heavy atom. The Labute approximate surface area is 169 Å². The van der Waals surface area contributed by atoms with Gasteiger partial charge in [-0.05, 0) is 36.8 Å². The van der Waals surface area contributed by atoms with Crippen LogP contribution in [-0.4, -0.2) is 23.3 Å². The van der Waals surface area contributed by atoms with Crippen molar-refractivity contribution < 1.29 is 14.7 Å². The highest BCUT2D eigenvalue weighted by Crippen LogP contribution is 2.44. The summed E-state index contributed by atoms with van der Waals surface area (Å²) in [5.74, 6) is -0.693. The zero-order valence-electron chi connectivity index (χ0n) is 14.3. The zero-order valence-corrected chi connectivity index (χ0v) is 17.5. The Bertz CT molecular complexity index is 851. The fraction of sp³-hybridized carbons (Fsp3) is 0.300. The summed E-state index contributed by atoms with van der Waals surface area (Å²) >= 11 is 6.73. The Balaban J connectivity index is 1.96. The largest absolute Gasteiger partial charge is 0.375 e. The molecule has 3 rings (SSSR count). The van der Waals surface area contributed by atoms with Gasteiger partial charge in [0.1, 0.15) is 0 Å².